The third-order valence-corrected chi connectivity index (χ3v) is 4.14. The summed E-state index contributed by atoms with van der Waals surface area (Å²) in [5.74, 6) is 0. The Morgan fingerprint density at radius 2 is 2.06 bits per heavy atom. The van der Waals surface area contributed by atoms with Gasteiger partial charge in [-0.1, -0.05) is 13.8 Å². The summed E-state index contributed by atoms with van der Waals surface area (Å²) in [6.07, 6.45) is 2.10. The average molecular weight is 258 g/mol. The van der Waals surface area contributed by atoms with Gasteiger partial charge in [0.1, 0.15) is 0 Å². The Bertz CT molecular complexity index is 222. The third-order valence-electron chi connectivity index (χ3n) is 4.14. The van der Waals surface area contributed by atoms with Crippen LogP contribution in [0.25, 0.3) is 0 Å². The smallest absolute Gasteiger partial charge is 0.0936 e. The van der Waals surface area contributed by atoms with E-state index in [1.165, 1.54) is 0 Å². The Morgan fingerprint density at radius 1 is 1.39 bits per heavy atom. The molecule has 0 spiro atoms. The first-order valence-electron chi connectivity index (χ1n) is 7.26. The second-order valence-electron chi connectivity index (χ2n) is 5.49. The normalized spacial score (nSPS) is 22.7. The number of morpholine rings is 1. The van der Waals surface area contributed by atoms with Gasteiger partial charge in [-0.15, -0.1) is 0 Å². The summed E-state index contributed by atoms with van der Waals surface area (Å²) < 4.78 is 11.8. The molecule has 4 nitrogen and oxygen atoms in total. The van der Waals surface area contributed by atoms with Gasteiger partial charge in [-0.3, -0.25) is 4.90 Å². The lowest BCUT2D eigenvalue weighted by Gasteiger charge is -2.38. The highest BCUT2D eigenvalue weighted by atomic mass is 16.5. The summed E-state index contributed by atoms with van der Waals surface area (Å²) in [5, 5.41) is 0. The van der Waals surface area contributed by atoms with Gasteiger partial charge in [-0.25, -0.2) is 0 Å². The molecule has 0 aromatic heterocycles. The van der Waals surface area contributed by atoms with Crippen LogP contribution < -0.4 is 5.73 Å². The zero-order valence-corrected chi connectivity index (χ0v) is 12.4. The van der Waals surface area contributed by atoms with Gasteiger partial charge in [0, 0.05) is 25.7 Å². The van der Waals surface area contributed by atoms with Crippen molar-refractivity contribution in [3.63, 3.8) is 0 Å². The number of nitrogens with two attached hydrogens (primary N) is 1. The lowest BCUT2D eigenvalue weighted by molar-refractivity contribution is -0.122. The zero-order chi connectivity index (χ0) is 13.6. The zero-order valence-electron chi connectivity index (χ0n) is 12.4. The Kier molecular flexibility index (Phi) is 6.57. The Morgan fingerprint density at radius 3 is 2.56 bits per heavy atom. The first kappa shape index (κ1) is 15.9. The molecule has 1 atom stereocenters. The topological polar surface area (TPSA) is 47.7 Å². The minimum atomic E-state index is -0.163. The highest BCUT2D eigenvalue weighted by molar-refractivity contribution is 4.81. The Balaban J connectivity index is 2.42. The van der Waals surface area contributed by atoms with E-state index < -0.39 is 0 Å². The molecule has 1 unspecified atom stereocenters. The number of nitrogens with zero attached hydrogens (tertiary/aromatic N) is 1. The van der Waals surface area contributed by atoms with Crippen LogP contribution in [0, 0.1) is 0 Å². The van der Waals surface area contributed by atoms with Crippen LogP contribution >= 0.6 is 0 Å². The molecule has 0 bridgehead atoms. The van der Waals surface area contributed by atoms with E-state index in [9.17, 15) is 0 Å². The molecule has 0 radical (unpaired) electrons. The molecule has 1 saturated heterocycles. The molecule has 1 heterocycles. The molecular weight excluding hydrogens is 228 g/mol. The van der Waals surface area contributed by atoms with Crippen LogP contribution in [0.1, 0.15) is 40.5 Å². The molecule has 2 N–H and O–H groups in total. The average Bonchev–Trinajstić information content (AvgIpc) is 2.41. The predicted molar refractivity (Wildman–Crippen MR) is 74.8 cm³/mol. The lowest BCUT2D eigenvalue weighted by Crippen LogP contribution is -2.49. The highest BCUT2D eigenvalue weighted by Crippen LogP contribution is 2.20. The van der Waals surface area contributed by atoms with Gasteiger partial charge >= 0.3 is 0 Å². The van der Waals surface area contributed by atoms with Crippen LogP contribution in [0.3, 0.4) is 0 Å². The van der Waals surface area contributed by atoms with E-state index in [2.05, 4.69) is 32.6 Å². The third kappa shape index (κ3) is 4.19. The summed E-state index contributed by atoms with van der Waals surface area (Å²) in [5.41, 5.74) is 5.68. The van der Waals surface area contributed by atoms with E-state index in [0.717, 1.165) is 32.5 Å². The maximum atomic E-state index is 6.07. The monoisotopic (exact) mass is 258 g/mol. The van der Waals surface area contributed by atoms with Gasteiger partial charge in [0.2, 0.25) is 0 Å². The van der Waals surface area contributed by atoms with Crippen molar-refractivity contribution in [2.45, 2.75) is 58.3 Å². The van der Waals surface area contributed by atoms with Gasteiger partial charge < -0.3 is 15.2 Å². The quantitative estimate of drug-likeness (QED) is 0.754. The van der Waals surface area contributed by atoms with Gasteiger partial charge in [-0.2, -0.15) is 0 Å². The van der Waals surface area contributed by atoms with E-state index in [1.807, 2.05) is 0 Å². The van der Waals surface area contributed by atoms with E-state index in [-0.39, 0.29) is 11.7 Å². The molecule has 1 fully saturated rings. The molecule has 0 aromatic rings. The molecule has 0 aromatic carbocycles. The van der Waals surface area contributed by atoms with Crippen molar-refractivity contribution in [3.8, 4) is 0 Å². The second-order valence-corrected chi connectivity index (χ2v) is 5.49. The fourth-order valence-electron chi connectivity index (χ4n) is 2.38. The van der Waals surface area contributed by atoms with Crippen molar-refractivity contribution in [1.29, 1.82) is 0 Å². The molecule has 18 heavy (non-hydrogen) atoms. The molecule has 1 rings (SSSR count). The Labute approximate surface area is 112 Å². The van der Waals surface area contributed by atoms with Crippen LogP contribution in [0.4, 0.5) is 0 Å². The predicted octanol–water partition coefficient (Wildman–Crippen LogP) is 1.63. The largest absolute Gasteiger partial charge is 0.373 e. The molecule has 108 valence electrons. The van der Waals surface area contributed by atoms with Crippen molar-refractivity contribution in [1.82, 2.24) is 4.90 Å². The van der Waals surface area contributed by atoms with Crippen molar-refractivity contribution < 1.29 is 9.47 Å². The number of rotatable bonds is 7. The minimum absolute atomic E-state index is 0.163. The molecule has 0 amide bonds. The summed E-state index contributed by atoms with van der Waals surface area (Å²) in [6, 6.07) is 0.577. The van der Waals surface area contributed by atoms with E-state index in [1.54, 1.807) is 0 Å². The summed E-state index contributed by atoms with van der Waals surface area (Å²) in [6.45, 7) is 12.8. The lowest BCUT2D eigenvalue weighted by atomic mass is 9.97. The van der Waals surface area contributed by atoms with Crippen LogP contribution in [0.2, 0.25) is 0 Å². The fourth-order valence-corrected chi connectivity index (χ4v) is 2.38. The molecular formula is C14H30N2O2. The summed E-state index contributed by atoms with van der Waals surface area (Å²) in [7, 11) is 0. The van der Waals surface area contributed by atoms with Crippen molar-refractivity contribution in [2.24, 2.45) is 5.73 Å². The number of ether oxygens (including phenoxy) is 2. The van der Waals surface area contributed by atoms with Crippen LogP contribution in [-0.4, -0.2) is 55.5 Å². The number of hydrogen-bond donors (Lipinski definition) is 1. The highest BCUT2D eigenvalue weighted by Gasteiger charge is 2.29. The van der Waals surface area contributed by atoms with Gasteiger partial charge in [0.15, 0.2) is 0 Å². The first-order valence-corrected chi connectivity index (χ1v) is 7.26. The Hall–Kier alpha value is -0.160. The first-order chi connectivity index (χ1) is 8.56. The SMILES string of the molecule is CCC(CC)(CN)OCC1CN(C(C)C)CCO1. The molecule has 1 aliphatic rings. The van der Waals surface area contributed by atoms with Crippen LogP contribution in [0.5, 0.6) is 0 Å². The van der Waals surface area contributed by atoms with Crippen molar-refractivity contribution >= 4 is 0 Å². The molecule has 0 saturated carbocycles. The van der Waals surface area contributed by atoms with Crippen LogP contribution in [-0.2, 0) is 9.47 Å². The molecule has 1 aliphatic heterocycles. The van der Waals surface area contributed by atoms with E-state index >= 15 is 0 Å². The fraction of sp³-hybridized carbons (Fsp3) is 1.00. The maximum Gasteiger partial charge on any atom is 0.0936 e. The van der Waals surface area contributed by atoms with Gasteiger partial charge in [-0.05, 0) is 26.7 Å². The van der Waals surface area contributed by atoms with E-state index in [4.69, 9.17) is 15.2 Å². The van der Waals surface area contributed by atoms with Crippen LogP contribution in [0.15, 0.2) is 0 Å². The van der Waals surface area contributed by atoms with E-state index in [0.29, 0.717) is 19.2 Å². The summed E-state index contributed by atoms with van der Waals surface area (Å²) >= 11 is 0. The summed E-state index contributed by atoms with van der Waals surface area (Å²) in [4.78, 5) is 2.44. The van der Waals surface area contributed by atoms with Gasteiger partial charge in [0.25, 0.3) is 0 Å². The minimum Gasteiger partial charge on any atom is -0.373 e. The van der Waals surface area contributed by atoms with Crippen molar-refractivity contribution in [3.05, 3.63) is 0 Å². The van der Waals surface area contributed by atoms with Gasteiger partial charge in [0.05, 0.1) is 24.9 Å². The molecule has 0 aliphatic carbocycles. The standard InChI is InChI=1S/C14H30N2O2/c1-5-14(6-2,11-15)18-10-13-9-16(12(3)4)7-8-17-13/h12-13H,5-11,15H2,1-4H3. The van der Waals surface area contributed by atoms with Crippen molar-refractivity contribution in [2.75, 3.05) is 32.8 Å². The molecule has 4 heteroatoms. The second kappa shape index (κ2) is 7.43. The number of hydrogen-bond acceptors (Lipinski definition) is 4. The maximum absolute atomic E-state index is 6.07.